The topological polar surface area (TPSA) is 71.0 Å². The van der Waals surface area contributed by atoms with Crippen LogP contribution in [0, 0.1) is 5.92 Å². The predicted octanol–water partition coefficient (Wildman–Crippen LogP) is 6.24. The number of benzodiazepines with no additional fused rings is 1. The zero-order chi connectivity index (χ0) is 25.8. The van der Waals surface area contributed by atoms with Crippen LogP contribution >= 0.6 is 23.2 Å². The molecule has 3 aromatic rings. The molecule has 1 N–H and O–H groups in total. The van der Waals surface area contributed by atoms with Crippen LogP contribution in [0.3, 0.4) is 0 Å². The molecule has 8 heteroatoms. The van der Waals surface area contributed by atoms with Crippen LogP contribution in [0.5, 0.6) is 5.75 Å². The summed E-state index contributed by atoms with van der Waals surface area (Å²) in [5.74, 6) is -0.211. The number of hydrogen-bond donors (Lipinski definition) is 1. The van der Waals surface area contributed by atoms with Gasteiger partial charge in [0.05, 0.1) is 24.2 Å². The van der Waals surface area contributed by atoms with Gasteiger partial charge in [0.2, 0.25) is 5.91 Å². The van der Waals surface area contributed by atoms with E-state index in [1.165, 1.54) is 12.0 Å². The van der Waals surface area contributed by atoms with Crippen LogP contribution in [-0.4, -0.2) is 37.2 Å². The van der Waals surface area contributed by atoms with Crippen molar-refractivity contribution in [2.75, 3.05) is 23.9 Å². The highest BCUT2D eigenvalue weighted by Crippen LogP contribution is 2.33. The van der Waals surface area contributed by atoms with Crippen molar-refractivity contribution in [2.24, 2.45) is 10.9 Å². The van der Waals surface area contributed by atoms with E-state index in [0.29, 0.717) is 38.4 Å². The fourth-order valence-corrected chi connectivity index (χ4v) is 4.51. The second-order valence-corrected chi connectivity index (χ2v) is 9.53. The van der Waals surface area contributed by atoms with E-state index in [4.69, 9.17) is 32.9 Å². The number of carbonyl (C=O) groups is 2. The average Bonchev–Trinajstić information content (AvgIpc) is 2.99. The number of carbonyl (C=O) groups excluding carboxylic acids is 2. The normalized spacial score (nSPS) is 16.0. The Morgan fingerprint density at radius 1 is 1.08 bits per heavy atom. The van der Waals surface area contributed by atoms with Gasteiger partial charge in [-0.05, 0) is 42.3 Å². The monoisotopic (exact) mass is 523 g/mol. The molecule has 0 aliphatic carbocycles. The Morgan fingerprint density at radius 3 is 2.47 bits per heavy atom. The molecule has 0 radical (unpaired) electrons. The number of anilines is 2. The van der Waals surface area contributed by atoms with Crippen molar-refractivity contribution in [3.05, 3.63) is 87.9 Å². The molecule has 0 saturated heterocycles. The molecule has 4 rings (SSSR count). The quantitative estimate of drug-likeness (QED) is 0.398. The van der Waals surface area contributed by atoms with Crippen LogP contribution in [-0.2, 0) is 9.59 Å². The third-order valence-electron chi connectivity index (χ3n) is 6.26. The van der Waals surface area contributed by atoms with Gasteiger partial charge in [0, 0.05) is 21.2 Å². The molecule has 0 aromatic heterocycles. The van der Waals surface area contributed by atoms with Gasteiger partial charge in [-0.25, -0.2) is 0 Å². The van der Waals surface area contributed by atoms with E-state index in [0.717, 1.165) is 12.0 Å². The Morgan fingerprint density at radius 2 is 1.78 bits per heavy atom. The molecular weight excluding hydrogens is 497 g/mol. The van der Waals surface area contributed by atoms with E-state index < -0.39 is 11.9 Å². The Balaban J connectivity index is 1.78. The summed E-state index contributed by atoms with van der Waals surface area (Å²) < 4.78 is 5.34. The highest BCUT2D eigenvalue weighted by molar-refractivity contribution is 6.32. The third-order valence-corrected chi connectivity index (χ3v) is 6.73. The van der Waals surface area contributed by atoms with Gasteiger partial charge in [-0.3, -0.25) is 14.6 Å². The van der Waals surface area contributed by atoms with Crippen LogP contribution in [0.1, 0.15) is 31.4 Å². The fourth-order valence-electron chi connectivity index (χ4n) is 4.17. The first-order valence-electron chi connectivity index (χ1n) is 11.7. The Labute approximate surface area is 220 Å². The zero-order valence-electron chi connectivity index (χ0n) is 20.3. The Bertz CT molecular complexity index is 1310. The molecule has 1 heterocycles. The van der Waals surface area contributed by atoms with Gasteiger partial charge in [0.1, 0.15) is 18.3 Å². The number of methoxy groups -OCH3 is 1. The summed E-state index contributed by atoms with van der Waals surface area (Å²) in [5.41, 5.74) is 3.24. The summed E-state index contributed by atoms with van der Waals surface area (Å²) in [6.07, 6.45) is 0.749. The summed E-state index contributed by atoms with van der Waals surface area (Å²) in [4.78, 5) is 33.6. The molecule has 0 bridgehead atoms. The second-order valence-electron chi connectivity index (χ2n) is 8.65. The van der Waals surface area contributed by atoms with Gasteiger partial charge >= 0.3 is 0 Å². The molecule has 0 saturated carbocycles. The largest absolute Gasteiger partial charge is 0.495 e. The number of hydrogen-bond acceptors (Lipinski definition) is 4. The molecule has 1 aliphatic heterocycles. The van der Waals surface area contributed by atoms with E-state index in [9.17, 15) is 9.59 Å². The minimum Gasteiger partial charge on any atom is -0.495 e. The average molecular weight is 524 g/mol. The van der Waals surface area contributed by atoms with Crippen LogP contribution in [0.2, 0.25) is 10.0 Å². The predicted molar refractivity (Wildman–Crippen MR) is 146 cm³/mol. The first-order chi connectivity index (χ1) is 17.3. The molecule has 2 atom stereocenters. The smallest absolute Gasteiger partial charge is 0.252 e. The van der Waals surface area contributed by atoms with Crippen molar-refractivity contribution in [2.45, 2.75) is 26.3 Å². The summed E-state index contributed by atoms with van der Waals surface area (Å²) in [6.45, 7) is 3.80. The maximum Gasteiger partial charge on any atom is 0.252 e. The van der Waals surface area contributed by atoms with Gasteiger partial charge < -0.3 is 15.0 Å². The van der Waals surface area contributed by atoms with E-state index in [1.54, 1.807) is 36.4 Å². The van der Waals surface area contributed by atoms with Crippen LogP contribution in [0.25, 0.3) is 0 Å². The van der Waals surface area contributed by atoms with E-state index >= 15 is 0 Å². The van der Waals surface area contributed by atoms with E-state index in [2.05, 4.69) is 5.32 Å². The van der Waals surface area contributed by atoms with Crippen molar-refractivity contribution in [1.29, 1.82) is 0 Å². The Kier molecular flexibility index (Phi) is 7.97. The summed E-state index contributed by atoms with van der Waals surface area (Å²) in [5, 5.41) is 3.80. The van der Waals surface area contributed by atoms with Crippen LogP contribution in [0.15, 0.2) is 71.7 Å². The minimum atomic E-state index is -0.662. The van der Waals surface area contributed by atoms with Gasteiger partial charge in [-0.15, -0.1) is 0 Å². The maximum atomic E-state index is 13.9. The highest BCUT2D eigenvalue weighted by atomic mass is 35.5. The number of benzene rings is 3. The molecule has 3 aromatic carbocycles. The molecular formula is C28H27Cl2N3O3. The lowest BCUT2D eigenvalue weighted by Crippen LogP contribution is -2.44. The van der Waals surface area contributed by atoms with Crippen molar-refractivity contribution >= 4 is 52.1 Å². The molecule has 0 fully saturated rings. The van der Waals surface area contributed by atoms with Crippen molar-refractivity contribution < 1.29 is 14.3 Å². The highest BCUT2D eigenvalue weighted by Gasteiger charge is 2.35. The molecule has 2 amide bonds. The lowest BCUT2D eigenvalue weighted by Gasteiger charge is -2.27. The van der Waals surface area contributed by atoms with Crippen LogP contribution in [0.4, 0.5) is 11.4 Å². The number of nitrogens with zero attached hydrogens (tertiary/aromatic N) is 2. The number of nitrogens with one attached hydrogen (secondary N) is 1. The van der Waals surface area contributed by atoms with Gasteiger partial charge in [-0.1, -0.05) is 73.8 Å². The maximum absolute atomic E-state index is 13.9. The SMILES string of the molecule is CC[C@H](C)[C@H]1N=C(c2ccccc2)c2cc(Cl)ccc2N(CC(=O)Nc2cc(Cl)ccc2OC)C1=O. The van der Waals surface area contributed by atoms with Crippen LogP contribution < -0.4 is 15.0 Å². The van der Waals surface area contributed by atoms with Crippen molar-refractivity contribution in [3.8, 4) is 5.75 Å². The standard InChI is InChI=1S/C28H27Cl2N3O3/c1-4-17(2)26-28(35)33(16-25(34)31-22-15-20(30)11-13-24(22)36-3)23-12-10-19(29)14-21(23)27(32-26)18-8-6-5-7-9-18/h5-15,17,26H,4,16H2,1-3H3,(H,31,34)/t17-,26+/m0/s1. The second kappa shape index (κ2) is 11.1. The van der Waals surface area contributed by atoms with Gasteiger partial charge in [0.25, 0.3) is 5.91 Å². The van der Waals surface area contributed by atoms with Gasteiger partial charge in [0.15, 0.2) is 0 Å². The van der Waals surface area contributed by atoms with Gasteiger partial charge in [-0.2, -0.15) is 0 Å². The molecule has 36 heavy (non-hydrogen) atoms. The van der Waals surface area contributed by atoms with E-state index in [-0.39, 0.29) is 18.4 Å². The first-order valence-corrected chi connectivity index (χ1v) is 12.5. The number of aliphatic imine (C=N–C) groups is 1. The third kappa shape index (κ3) is 5.40. The minimum absolute atomic E-state index is 0.0421. The molecule has 0 spiro atoms. The first kappa shape index (κ1) is 25.7. The number of halogens is 2. The Hall–Kier alpha value is -3.35. The molecule has 0 unspecified atom stereocenters. The molecule has 186 valence electrons. The summed E-state index contributed by atoms with van der Waals surface area (Å²) >= 11 is 12.5. The van der Waals surface area contributed by atoms with Crippen molar-refractivity contribution in [1.82, 2.24) is 0 Å². The number of fused-ring (bicyclic) bond motifs is 1. The fraction of sp³-hybridized carbons (Fsp3) is 0.250. The lowest BCUT2D eigenvalue weighted by atomic mass is 9.98. The lowest BCUT2D eigenvalue weighted by molar-refractivity contribution is -0.123. The van der Waals surface area contributed by atoms with Crippen molar-refractivity contribution in [3.63, 3.8) is 0 Å². The summed E-state index contributed by atoms with van der Waals surface area (Å²) in [7, 11) is 1.51. The zero-order valence-corrected chi connectivity index (χ0v) is 21.8. The molecule has 6 nitrogen and oxygen atoms in total. The number of amides is 2. The molecule has 1 aliphatic rings. The number of rotatable bonds is 7. The summed E-state index contributed by atoms with van der Waals surface area (Å²) in [6, 6.07) is 19.2. The van der Waals surface area contributed by atoms with E-state index in [1.807, 2.05) is 44.2 Å². The number of ether oxygens (including phenoxy) is 1.